The molecule has 0 radical (unpaired) electrons. The molecule has 146 valence electrons. The zero-order chi connectivity index (χ0) is 19.0. The van der Waals surface area contributed by atoms with Crippen molar-refractivity contribution in [2.24, 2.45) is 0 Å². The molecule has 1 N–H and O–H groups in total. The van der Waals surface area contributed by atoms with Crippen molar-refractivity contribution in [2.45, 2.75) is 69.2 Å². The smallest absolute Gasteiger partial charge is 0.318 e. The summed E-state index contributed by atoms with van der Waals surface area (Å²) in [6, 6.07) is 14.4. The molecule has 0 unspecified atom stereocenters. The summed E-state index contributed by atoms with van der Waals surface area (Å²) in [5.41, 5.74) is 1.92. The first kappa shape index (κ1) is 17.5. The molecule has 5 heteroatoms. The van der Waals surface area contributed by atoms with Gasteiger partial charge in [0, 0.05) is 24.2 Å². The van der Waals surface area contributed by atoms with Gasteiger partial charge in [-0.1, -0.05) is 24.3 Å². The van der Waals surface area contributed by atoms with E-state index >= 15 is 0 Å². The van der Waals surface area contributed by atoms with Crippen molar-refractivity contribution in [3.05, 3.63) is 59.9 Å². The second-order valence-corrected chi connectivity index (χ2v) is 8.42. The maximum absolute atomic E-state index is 13.3. The lowest BCUT2D eigenvalue weighted by molar-refractivity contribution is 0.0374. The molecule has 2 aliphatic carbocycles. The lowest BCUT2D eigenvalue weighted by Gasteiger charge is -2.40. The van der Waals surface area contributed by atoms with Crippen LogP contribution in [-0.2, 0) is 6.54 Å². The molecule has 1 aliphatic heterocycles. The number of ether oxygens (including phenoxy) is 1. The van der Waals surface area contributed by atoms with Gasteiger partial charge in [0.1, 0.15) is 11.4 Å². The van der Waals surface area contributed by atoms with Crippen LogP contribution < -0.4 is 10.1 Å². The van der Waals surface area contributed by atoms with E-state index in [0.29, 0.717) is 12.6 Å². The highest BCUT2D eigenvalue weighted by Gasteiger charge is 2.44. The fourth-order valence-electron chi connectivity index (χ4n) is 4.72. The molecule has 1 spiro atoms. The maximum Gasteiger partial charge on any atom is 0.318 e. The van der Waals surface area contributed by atoms with Crippen LogP contribution in [0.1, 0.15) is 62.2 Å². The van der Waals surface area contributed by atoms with Gasteiger partial charge in [0.15, 0.2) is 0 Å². The normalized spacial score (nSPS) is 22.4. The van der Waals surface area contributed by atoms with Gasteiger partial charge < -0.3 is 15.0 Å². The first-order valence-electron chi connectivity index (χ1n) is 10.5. The van der Waals surface area contributed by atoms with Crippen LogP contribution in [-0.4, -0.2) is 27.6 Å². The number of carbonyl (C=O) groups is 1. The molecule has 2 saturated carbocycles. The molecule has 0 saturated heterocycles. The largest absolute Gasteiger partial charge is 0.487 e. The molecule has 0 bridgehead atoms. The highest BCUT2D eigenvalue weighted by molar-refractivity contribution is 5.75. The molecule has 1 aromatic carbocycles. The van der Waals surface area contributed by atoms with E-state index in [1.165, 1.54) is 12.8 Å². The van der Waals surface area contributed by atoms with Crippen molar-refractivity contribution in [1.29, 1.82) is 0 Å². The Kier molecular flexibility index (Phi) is 4.46. The molecule has 5 nitrogen and oxygen atoms in total. The number of hydrogen-bond donors (Lipinski definition) is 1. The van der Waals surface area contributed by atoms with Crippen molar-refractivity contribution in [2.75, 3.05) is 0 Å². The van der Waals surface area contributed by atoms with Crippen molar-refractivity contribution < 1.29 is 9.53 Å². The Morgan fingerprint density at radius 1 is 1.14 bits per heavy atom. The number of nitrogens with zero attached hydrogens (tertiary/aromatic N) is 2. The second-order valence-electron chi connectivity index (χ2n) is 8.42. The van der Waals surface area contributed by atoms with Gasteiger partial charge in [-0.15, -0.1) is 0 Å². The molecule has 2 fully saturated rings. The highest BCUT2D eigenvalue weighted by atomic mass is 16.5. The third kappa shape index (κ3) is 3.46. The Hall–Kier alpha value is -2.56. The molecule has 2 amide bonds. The molecular weight excluding hydrogens is 350 g/mol. The van der Waals surface area contributed by atoms with Crippen LogP contribution >= 0.6 is 0 Å². The summed E-state index contributed by atoms with van der Waals surface area (Å²) in [7, 11) is 0. The monoisotopic (exact) mass is 377 g/mol. The fraction of sp³-hybridized carbons (Fsp3) is 0.478. The van der Waals surface area contributed by atoms with E-state index < -0.39 is 0 Å². The average Bonchev–Trinajstić information content (AvgIpc) is 3.47. The third-order valence-corrected chi connectivity index (χ3v) is 6.32. The van der Waals surface area contributed by atoms with E-state index in [2.05, 4.69) is 16.4 Å². The Balaban J connectivity index is 1.37. The first-order valence-corrected chi connectivity index (χ1v) is 10.5. The fourth-order valence-corrected chi connectivity index (χ4v) is 4.72. The second kappa shape index (κ2) is 7.12. The molecule has 5 rings (SSSR count). The van der Waals surface area contributed by atoms with Gasteiger partial charge >= 0.3 is 6.03 Å². The van der Waals surface area contributed by atoms with Crippen LogP contribution in [0.5, 0.6) is 5.75 Å². The van der Waals surface area contributed by atoms with E-state index in [4.69, 9.17) is 4.74 Å². The number of hydrogen-bond acceptors (Lipinski definition) is 3. The van der Waals surface area contributed by atoms with Crippen LogP contribution in [0.4, 0.5) is 4.79 Å². The van der Waals surface area contributed by atoms with E-state index in [-0.39, 0.29) is 17.7 Å². The molecular formula is C23H27N3O2. The average molecular weight is 377 g/mol. The zero-order valence-corrected chi connectivity index (χ0v) is 16.1. The summed E-state index contributed by atoms with van der Waals surface area (Å²) in [6.45, 7) is 0.563. The molecule has 1 aromatic heterocycles. The summed E-state index contributed by atoms with van der Waals surface area (Å²) in [5, 5.41) is 3.35. The summed E-state index contributed by atoms with van der Waals surface area (Å²) < 4.78 is 6.43. The Labute approximate surface area is 166 Å². The summed E-state index contributed by atoms with van der Waals surface area (Å²) in [4.78, 5) is 19.6. The predicted molar refractivity (Wildman–Crippen MR) is 107 cm³/mol. The SMILES string of the molecule is O=C(N[C@@H]1CC2(CCCC2)Oc2ccccc21)N(Cc1ccccn1)C1CC1. The highest BCUT2D eigenvalue weighted by Crippen LogP contribution is 2.47. The summed E-state index contributed by atoms with van der Waals surface area (Å²) in [6.07, 6.45) is 9.37. The van der Waals surface area contributed by atoms with Crippen molar-refractivity contribution in [3.8, 4) is 5.75 Å². The topological polar surface area (TPSA) is 54.5 Å². The van der Waals surface area contributed by atoms with Crippen LogP contribution in [0.15, 0.2) is 48.7 Å². The Bertz CT molecular complexity index is 844. The minimum atomic E-state index is -0.113. The van der Waals surface area contributed by atoms with Crippen molar-refractivity contribution >= 4 is 6.03 Å². The number of nitrogens with one attached hydrogen (secondary N) is 1. The van der Waals surface area contributed by atoms with E-state index in [1.54, 1.807) is 6.20 Å². The summed E-state index contributed by atoms with van der Waals surface area (Å²) in [5.74, 6) is 0.934. The number of aromatic nitrogens is 1. The van der Waals surface area contributed by atoms with Gasteiger partial charge in [-0.3, -0.25) is 4.98 Å². The van der Waals surface area contributed by atoms with Crippen molar-refractivity contribution in [1.82, 2.24) is 15.2 Å². The lowest BCUT2D eigenvalue weighted by atomic mass is 9.86. The number of amides is 2. The number of benzene rings is 1. The number of fused-ring (bicyclic) bond motifs is 1. The quantitative estimate of drug-likeness (QED) is 0.848. The molecule has 2 heterocycles. The van der Waals surface area contributed by atoms with Crippen LogP contribution in [0.3, 0.4) is 0 Å². The van der Waals surface area contributed by atoms with Crippen LogP contribution in [0, 0.1) is 0 Å². The third-order valence-electron chi connectivity index (χ3n) is 6.32. The van der Waals surface area contributed by atoms with Gasteiger partial charge in [-0.05, 0) is 56.7 Å². The van der Waals surface area contributed by atoms with Crippen molar-refractivity contribution in [3.63, 3.8) is 0 Å². The number of rotatable bonds is 4. The standard InChI is InChI=1S/C23H27N3O2/c27-22(26(18-10-11-18)16-17-7-3-6-14-24-17)25-20-15-23(12-4-5-13-23)28-21-9-2-1-8-19(20)21/h1-3,6-9,14,18,20H,4-5,10-13,15-16H2,(H,25,27)/t20-/m1/s1. The number of para-hydroxylation sites is 1. The number of urea groups is 1. The Morgan fingerprint density at radius 2 is 1.93 bits per heavy atom. The van der Waals surface area contributed by atoms with E-state index in [0.717, 1.165) is 49.1 Å². The van der Waals surface area contributed by atoms with Gasteiger partial charge in [0.05, 0.1) is 18.3 Å². The minimum Gasteiger partial charge on any atom is -0.487 e. The lowest BCUT2D eigenvalue weighted by Crippen LogP contribution is -2.47. The zero-order valence-electron chi connectivity index (χ0n) is 16.1. The summed E-state index contributed by atoms with van der Waals surface area (Å²) >= 11 is 0. The predicted octanol–water partition coefficient (Wildman–Crippen LogP) is 4.59. The molecule has 1 atom stereocenters. The maximum atomic E-state index is 13.3. The molecule has 3 aliphatic rings. The Morgan fingerprint density at radius 3 is 2.68 bits per heavy atom. The van der Waals surface area contributed by atoms with E-state index in [9.17, 15) is 4.79 Å². The van der Waals surface area contributed by atoms with Gasteiger partial charge in [-0.25, -0.2) is 4.79 Å². The molecule has 2 aromatic rings. The van der Waals surface area contributed by atoms with Crippen LogP contribution in [0.25, 0.3) is 0 Å². The number of carbonyl (C=O) groups excluding carboxylic acids is 1. The van der Waals surface area contributed by atoms with E-state index in [1.807, 2.05) is 41.3 Å². The van der Waals surface area contributed by atoms with Gasteiger partial charge in [0.25, 0.3) is 0 Å². The number of pyridine rings is 1. The van der Waals surface area contributed by atoms with Gasteiger partial charge in [0.2, 0.25) is 0 Å². The minimum absolute atomic E-state index is 0.000493. The van der Waals surface area contributed by atoms with Crippen LogP contribution in [0.2, 0.25) is 0 Å². The first-order chi connectivity index (χ1) is 13.7. The molecule has 28 heavy (non-hydrogen) atoms. The van der Waals surface area contributed by atoms with Gasteiger partial charge in [-0.2, -0.15) is 0 Å².